The molecule has 2 nitrogen and oxygen atoms in total. The van der Waals surface area contributed by atoms with E-state index in [1.165, 1.54) is 6.08 Å². The molecule has 1 rings (SSSR count). The molecule has 11 heavy (non-hydrogen) atoms. The fourth-order valence-corrected chi connectivity index (χ4v) is 0.875. The predicted octanol–water partition coefficient (Wildman–Crippen LogP) is 1.35. The van der Waals surface area contributed by atoms with Crippen LogP contribution in [0.3, 0.4) is 0 Å². The molecular weight excluding hydrogens is 159 g/mol. The van der Waals surface area contributed by atoms with Gasteiger partial charge < -0.3 is 4.74 Å². The second-order valence-corrected chi connectivity index (χ2v) is 2.41. The van der Waals surface area contributed by atoms with Crippen LogP contribution < -0.4 is 0 Å². The third kappa shape index (κ3) is 2.80. The van der Waals surface area contributed by atoms with Crippen molar-refractivity contribution < 1.29 is 17.9 Å². The molecule has 0 unspecified atom stereocenters. The highest BCUT2D eigenvalue weighted by molar-refractivity contribution is 5.03. The fourth-order valence-electron chi connectivity index (χ4n) is 0.875. The Bertz CT molecular complexity index is 175. The maximum atomic E-state index is 11.6. The Morgan fingerprint density at radius 3 is 2.55 bits per heavy atom. The molecule has 0 aromatic carbocycles. The lowest BCUT2D eigenvalue weighted by Crippen LogP contribution is -2.18. The Morgan fingerprint density at radius 1 is 1.55 bits per heavy atom. The minimum absolute atomic E-state index is 0.0139. The van der Waals surface area contributed by atoms with Crippen LogP contribution in [0.4, 0.5) is 13.2 Å². The highest BCUT2D eigenvalue weighted by Crippen LogP contribution is 2.22. The Labute approximate surface area is 62.2 Å². The first-order valence-electron chi connectivity index (χ1n) is 3.11. The molecular formula is C6H8F3NO. The second-order valence-electron chi connectivity index (χ2n) is 2.41. The molecule has 0 radical (unpaired) electrons. The maximum Gasteiger partial charge on any atom is 0.572 e. The summed E-state index contributed by atoms with van der Waals surface area (Å²) in [5.74, 6) is -0.0139. The zero-order chi connectivity index (χ0) is 8.48. The van der Waals surface area contributed by atoms with Crippen molar-refractivity contribution in [1.82, 2.24) is 4.90 Å². The molecule has 0 bridgehead atoms. The van der Waals surface area contributed by atoms with Crippen molar-refractivity contribution in [3.8, 4) is 0 Å². The van der Waals surface area contributed by atoms with Crippen molar-refractivity contribution in [3.63, 3.8) is 0 Å². The molecule has 0 aromatic rings. The number of likely N-dealkylation sites (N-methyl/N-ethyl adjacent to an activating group) is 1. The summed E-state index contributed by atoms with van der Waals surface area (Å²) in [7, 11) is 1.73. The lowest BCUT2D eigenvalue weighted by atomic mass is 10.5. The fraction of sp³-hybridized carbons (Fsp3) is 0.667. The third-order valence-corrected chi connectivity index (χ3v) is 1.30. The van der Waals surface area contributed by atoms with Gasteiger partial charge in [0, 0.05) is 6.54 Å². The van der Waals surface area contributed by atoms with Gasteiger partial charge in [0.2, 0.25) is 0 Å². The number of rotatable bonds is 1. The van der Waals surface area contributed by atoms with E-state index in [0.29, 0.717) is 6.54 Å². The van der Waals surface area contributed by atoms with Gasteiger partial charge in [0.1, 0.15) is 5.76 Å². The van der Waals surface area contributed by atoms with Crippen molar-refractivity contribution in [2.24, 2.45) is 0 Å². The topological polar surface area (TPSA) is 12.5 Å². The summed E-state index contributed by atoms with van der Waals surface area (Å²) in [6.07, 6.45) is -3.12. The molecule has 64 valence electrons. The quantitative estimate of drug-likeness (QED) is 0.584. The molecule has 0 atom stereocenters. The molecule has 0 aliphatic carbocycles. The molecule has 0 amide bonds. The van der Waals surface area contributed by atoms with E-state index in [0.717, 1.165) is 0 Å². The minimum Gasteiger partial charge on any atom is -0.409 e. The summed E-state index contributed by atoms with van der Waals surface area (Å²) in [5, 5.41) is 0. The SMILES string of the molecule is CN1CC=C(OC(F)(F)F)C1. The highest BCUT2D eigenvalue weighted by atomic mass is 19.4. The normalized spacial score (nSPS) is 20.2. The summed E-state index contributed by atoms with van der Waals surface area (Å²) >= 11 is 0. The van der Waals surface area contributed by atoms with Crippen LogP contribution in [0.1, 0.15) is 0 Å². The van der Waals surface area contributed by atoms with Crippen LogP contribution in [-0.4, -0.2) is 31.4 Å². The third-order valence-electron chi connectivity index (χ3n) is 1.30. The van der Waals surface area contributed by atoms with Crippen LogP contribution in [0.5, 0.6) is 0 Å². The standard InChI is InChI=1S/C6H8F3NO/c1-10-3-2-5(4-10)11-6(7,8)9/h2H,3-4H2,1H3. The van der Waals surface area contributed by atoms with Crippen LogP contribution in [0.15, 0.2) is 11.8 Å². The Morgan fingerprint density at radius 2 is 2.18 bits per heavy atom. The molecule has 5 heteroatoms. The van der Waals surface area contributed by atoms with Gasteiger partial charge in [-0.3, -0.25) is 4.90 Å². The van der Waals surface area contributed by atoms with Gasteiger partial charge in [-0.15, -0.1) is 13.2 Å². The zero-order valence-electron chi connectivity index (χ0n) is 5.98. The monoisotopic (exact) mass is 167 g/mol. The van der Waals surface area contributed by atoms with E-state index in [1.807, 2.05) is 0 Å². The van der Waals surface area contributed by atoms with E-state index in [4.69, 9.17) is 0 Å². The molecule has 0 N–H and O–H groups in total. The van der Waals surface area contributed by atoms with Crippen LogP contribution >= 0.6 is 0 Å². The lowest BCUT2D eigenvalue weighted by molar-refractivity contribution is -0.305. The molecule has 0 saturated heterocycles. The first kappa shape index (κ1) is 8.39. The van der Waals surface area contributed by atoms with Crippen molar-refractivity contribution in [3.05, 3.63) is 11.8 Å². The van der Waals surface area contributed by atoms with Gasteiger partial charge in [-0.1, -0.05) is 0 Å². The average Bonchev–Trinajstić information content (AvgIpc) is 2.10. The van der Waals surface area contributed by atoms with Gasteiger partial charge in [-0.2, -0.15) is 0 Å². The largest absolute Gasteiger partial charge is 0.572 e. The summed E-state index contributed by atoms with van der Waals surface area (Å²) in [5.41, 5.74) is 0. The smallest absolute Gasteiger partial charge is 0.409 e. The predicted molar refractivity (Wildman–Crippen MR) is 32.7 cm³/mol. The Kier molecular flexibility index (Phi) is 2.08. The molecule has 0 fully saturated rings. The number of nitrogens with zero attached hydrogens (tertiary/aromatic N) is 1. The van der Waals surface area contributed by atoms with Crippen molar-refractivity contribution in [1.29, 1.82) is 0 Å². The highest BCUT2D eigenvalue weighted by Gasteiger charge is 2.33. The van der Waals surface area contributed by atoms with E-state index >= 15 is 0 Å². The summed E-state index contributed by atoms with van der Waals surface area (Å²) in [6.45, 7) is 0.755. The summed E-state index contributed by atoms with van der Waals surface area (Å²) in [6, 6.07) is 0. The molecule has 0 aromatic heterocycles. The maximum absolute atomic E-state index is 11.6. The van der Waals surface area contributed by atoms with Crippen LogP contribution in [0.25, 0.3) is 0 Å². The van der Waals surface area contributed by atoms with E-state index in [-0.39, 0.29) is 12.3 Å². The van der Waals surface area contributed by atoms with E-state index in [1.54, 1.807) is 11.9 Å². The van der Waals surface area contributed by atoms with Gasteiger partial charge in [-0.25, -0.2) is 0 Å². The van der Waals surface area contributed by atoms with Crippen molar-refractivity contribution in [2.45, 2.75) is 6.36 Å². The molecule has 1 aliphatic heterocycles. The van der Waals surface area contributed by atoms with Gasteiger partial charge in [0.15, 0.2) is 0 Å². The van der Waals surface area contributed by atoms with E-state index < -0.39 is 6.36 Å². The van der Waals surface area contributed by atoms with E-state index in [2.05, 4.69) is 4.74 Å². The van der Waals surface area contributed by atoms with Crippen LogP contribution in [0.2, 0.25) is 0 Å². The second kappa shape index (κ2) is 2.73. The van der Waals surface area contributed by atoms with Crippen molar-refractivity contribution in [2.75, 3.05) is 20.1 Å². The van der Waals surface area contributed by atoms with Crippen molar-refractivity contribution >= 4 is 0 Å². The summed E-state index contributed by atoms with van der Waals surface area (Å²) in [4.78, 5) is 1.72. The van der Waals surface area contributed by atoms with E-state index in [9.17, 15) is 13.2 Å². The van der Waals surface area contributed by atoms with Gasteiger partial charge in [0.25, 0.3) is 0 Å². The molecule has 1 heterocycles. The Balaban J connectivity index is 2.40. The minimum atomic E-state index is -4.54. The molecule has 1 aliphatic rings. The molecule has 0 spiro atoms. The van der Waals surface area contributed by atoms with Gasteiger partial charge in [0.05, 0.1) is 6.54 Å². The summed E-state index contributed by atoms with van der Waals surface area (Å²) < 4.78 is 38.3. The number of ether oxygens (including phenoxy) is 1. The number of hydrogen-bond donors (Lipinski definition) is 0. The van der Waals surface area contributed by atoms with Crippen LogP contribution in [-0.2, 0) is 4.74 Å². The number of halogens is 3. The number of alkyl halides is 3. The first-order valence-corrected chi connectivity index (χ1v) is 3.11. The lowest BCUT2D eigenvalue weighted by Gasteiger charge is -2.10. The van der Waals surface area contributed by atoms with Crippen LogP contribution in [0, 0.1) is 0 Å². The van der Waals surface area contributed by atoms with Gasteiger partial charge >= 0.3 is 6.36 Å². The van der Waals surface area contributed by atoms with Gasteiger partial charge in [-0.05, 0) is 13.1 Å². The Hall–Kier alpha value is -0.710. The average molecular weight is 167 g/mol. The zero-order valence-corrected chi connectivity index (χ0v) is 5.98. The first-order chi connectivity index (χ1) is 4.97. The number of hydrogen-bond acceptors (Lipinski definition) is 2. The molecule has 0 saturated carbocycles.